The topological polar surface area (TPSA) is 55.8 Å². The Labute approximate surface area is 136 Å². The number of nitrogens with zero attached hydrogens (tertiary/aromatic N) is 2. The van der Waals surface area contributed by atoms with E-state index >= 15 is 0 Å². The van der Waals surface area contributed by atoms with Gasteiger partial charge in [0, 0.05) is 50.9 Å². The van der Waals surface area contributed by atoms with Gasteiger partial charge in [-0.2, -0.15) is 0 Å². The van der Waals surface area contributed by atoms with E-state index in [1.165, 1.54) is 12.1 Å². The number of likely N-dealkylation sites (tertiary alicyclic amines) is 1. The highest BCUT2D eigenvalue weighted by Crippen LogP contribution is 2.23. The van der Waals surface area contributed by atoms with Crippen LogP contribution >= 0.6 is 0 Å². The van der Waals surface area contributed by atoms with Crippen LogP contribution in [0.15, 0.2) is 24.3 Å². The predicted molar refractivity (Wildman–Crippen MR) is 86.9 cm³/mol. The van der Waals surface area contributed by atoms with Crippen molar-refractivity contribution in [3.8, 4) is 0 Å². The van der Waals surface area contributed by atoms with Gasteiger partial charge in [0.1, 0.15) is 5.82 Å². The fraction of sp³-hybridized carbons (Fsp3) is 0.588. The third-order valence-electron chi connectivity index (χ3n) is 4.85. The zero-order valence-corrected chi connectivity index (χ0v) is 13.2. The minimum absolute atomic E-state index is 0.0267. The van der Waals surface area contributed by atoms with Crippen molar-refractivity contribution in [2.75, 3.05) is 44.2 Å². The first-order valence-electron chi connectivity index (χ1n) is 8.30. The van der Waals surface area contributed by atoms with Gasteiger partial charge in [-0.3, -0.25) is 0 Å². The lowest BCUT2D eigenvalue weighted by Crippen LogP contribution is -2.41. The zero-order valence-electron chi connectivity index (χ0n) is 13.2. The Morgan fingerprint density at radius 1 is 1.17 bits per heavy atom. The van der Waals surface area contributed by atoms with Crippen molar-refractivity contribution in [2.45, 2.75) is 12.8 Å². The third-order valence-corrected chi connectivity index (χ3v) is 4.85. The summed E-state index contributed by atoms with van der Waals surface area (Å²) >= 11 is 0. The van der Waals surface area contributed by atoms with Crippen LogP contribution in [-0.4, -0.2) is 55.4 Å². The van der Waals surface area contributed by atoms with E-state index in [0.717, 1.165) is 38.2 Å². The maximum Gasteiger partial charge on any atom is 0.317 e. The number of aliphatic hydroxyl groups excluding tert-OH is 1. The number of benzene rings is 1. The first-order chi connectivity index (χ1) is 11.2. The second-order valence-corrected chi connectivity index (χ2v) is 6.55. The summed E-state index contributed by atoms with van der Waals surface area (Å²) in [5.41, 5.74) is 1.03. The number of anilines is 1. The van der Waals surface area contributed by atoms with Crippen molar-refractivity contribution in [2.24, 2.45) is 11.8 Å². The van der Waals surface area contributed by atoms with Gasteiger partial charge in [-0.1, -0.05) is 0 Å². The zero-order chi connectivity index (χ0) is 16.2. The molecular weight excluding hydrogens is 297 g/mol. The fourth-order valence-corrected chi connectivity index (χ4v) is 3.40. The maximum atomic E-state index is 13.0. The lowest BCUT2D eigenvalue weighted by Gasteiger charge is -2.20. The minimum atomic E-state index is -0.219. The number of hydrogen-bond donors (Lipinski definition) is 2. The van der Waals surface area contributed by atoms with E-state index in [1.807, 2.05) is 0 Å². The molecule has 0 bridgehead atoms. The largest absolute Gasteiger partial charge is 0.396 e. The van der Waals surface area contributed by atoms with Crippen molar-refractivity contribution in [1.82, 2.24) is 10.2 Å². The Morgan fingerprint density at radius 3 is 2.61 bits per heavy atom. The maximum absolute atomic E-state index is 13.0. The molecule has 1 aromatic rings. The number of nitrogens with one attached hydrogen (secondary N) is 1. The molecule has 6 heteroatoms. The van der Waals surface area contributed by atoms with Crippen molar-refractivity contribution in [3.63, 3.8) is 0 Å². The Balaban J connectivity index is 1.43. The molecule has 0 saturated carbocycles. The summed E-state index contributed by atoms with van der Waals surface area (Å²) in [6.07, 6.45) is 1.91. The molecule has 2 unspecified atom stereocenters. The molecule has 2 aliphatic heterocycles. The number of amides is 2. The summed E-state index contributed by atoms with van der Waals surface area (Å²) < 4.78 is 13.0. The Kier molecular flexibility index (Phi) is 5.00. The van der Waals surface area contributed by atoms with Crippen LogP contribution in [0.1, 0.15) is 12.8 Å². The molecule has 2 heterocycles. The predicted octanol–water partition coefficient (Wildman–Crippen LogP) is 1.68. The fourth-order valence-electron chi connectivity index (χ4n) is 3.40. The highest BCUT2D eigenvalue weighted by Gasteiger charge is 2.27. The van der Waals surface area contributed by atoms with E-state index in [2.05, 4.69) is 10.2 Å². The van der Waals surface area contributed by atoms with E-state index in [0.29, 0.717) is 19.0 Å². The van der Waals surface area contributed by atoms with Crippen LogP contribution in [-0.2, 0) is 0 Å². The molecule has 3 rings (SSSR count). The van der Waals surface area contributed by atoms with Crippen LogP contribution in [0.5, 0.6) is 0 Å². The number of aliphatic hydroxyl groups is 1. The number of hydrogen-bond acceptors (Lipinski definition) is 3. The first kappa shape index (κ1) is 16.1. The number of urea groups is 1. The van der Waals surface area contributed by atoms with E-state index < -0.39 is 0 Å². The molecule has 0 aliphatic carbocycles. The second-order valence-electron chi connectivity index (χ2n) is 6.55. The van der Waals surface area contributed by atoms with E-state index in [4.69, 9.17) is 5.11 Å². The lowest BCUT2D eigenvalue weighted by atomic mass is 10.1. The molecule has 126 valence electrons. The summed E-state index contributed by atoms with van der Waals surface area (Å²) in [4.78, 5) is 16.1. The average molecular weight is 321 g/mol. The molecule has 2 aliphatic rings. The summed E-state index contributed by atoms with van der Waals surface area (Å²) in [7, 11) is 0. The minimum Gasteiger partial charge on any atom is -0.396 e. The van der Waals surface area contributed by atoms with Crippen LogP contribution in [0.25, 0.3) is 0 Å². The van der Waals surface area contributed by atoms with Crippen LogP contribution in [0.3, 0.4) is 0 Å². The van der Waals surface area contributed by atoms with Gasteiger partial charge in [-0.05, 0) is 43.0 Å². The molecule has 2 amide bonds. The van der Waals surface area contributed by atoms with Gasteiger partial charge in [0.05, 0.1) is 0 Å². The average Bonchev–Trinajstić information content (AvgIpc) is 3.22. The second kappa shape index (κ2) is 7.17. The first-order valence-corrected chi connectivity index (χ1v) is 8.30. The van der Waals surface area contributed by atoms with E-state index in [-0.39, 0.29) is 24.4 Å². The molecular formula is C17H24FN3O2. The molecule has 2 fully saturated rings. The van der Waals surface area contributed by atoms with Crippen LogP contribution in [0.2, 0.25) is 0 Å². The molecule has 0 radical (unpaired) electrons. The Hall–Kier alpha value is -1.82. The molecule has 2 N–H and O–H groups in total. The normalized spacial score (nSPS) is 24.3. The van der Waals surface area contributed by atoms with Crippen LogP contribution in [0, 0.1) is 17.7 Å². The molecule has 1 aromatic carbocycles. The van der Waals surface area contributed by atoms with Gasteiger partial charge in [0.25, 0.3) is 0 Å². The van der Waals surface area contributed by atoms with Gasteiger partial charge in [0.2, 0.25) is 0 Å². The van der Waals surface area contributed by atoms with Gasteiger partial charge >= 0.3 is 6.03 Å². The Morgan fingerprint density at radius 2 is 1.91 bits per heavy atom. The molecule has 0 spiro atoms. The van der Waals surface area contributed by atoms with E-state index in [9.17, 15) is 9.18 Å². The van der Waals surface area contributed by atoms with Gasteiger partial charge < -0.3 is 20.2 Å². The van der Waals surface area contributed by atoms with Crippen molar-refractivity contribution >= 4 is 11.7 Å². The van der Waals surface area contributed by atoms with Crippen LogP contribution in [0.4, 0.5) is 14.9 Å². The summed E-state index contributed by atoms with van der Waals surface area (Å²) in [5.74, 6) is 0.421. The quantitative estimate of drug-likeness (QED) is 0.887. The SMILES string of the molecule is O=C(NCC1CCN(c2ccc(F)cc2)C1)N1CCC(CO)C1. The lowest BCUT2D eigenvalue weighted by molar-refractivity contribution is 0.197. The summed E-state index contributed by atoms with van der Waals surface area (Å²) in [6.45, 7) is 4.00. The monoisotopic (exact) mass is 321 g/mol. The molecule has 23 heavy (non-hydrogen) atoms. The molecule has 2 atom stereocenters. The third kappa shape index (κ3) is 3.93. The van der Waals surface area contributed by atoms with Crippen molar-refractivity contribution in [3.05, 3.63) is 30.1 Å². The van der Waals surface area contributed by atoms with Gasteiger partial charge in [0.15, 0.2) is 0 Å². The van der Waals surface area contributed by atoms with Crippen molar-refractivity contribution in [1.29, 1.82) is 0 Å². The van der Waals surface area contributed by atoms with Crippen LogP contribution < -0.4 is 10.2 Å². The Bertz CT molecular complexity index is 537. The van der Waals surface area contributed by atoms with Gasteiger partial charge in [-0.15, -0.1) is 0 Å². The summed E-state index contributed by atoms with van der Waals surface area (Å²) in [6, 6.07) is 6.54. The molecule has 5 nitrogen and oxygen atoms in total. The number of carbonyl (C=O) groups excluding carboxylic acids is 1. The number of carbonyl (C=O) groups is 1. The highest BCUT2D eigenvalue weighted by atomic mass is 19.1. The number of halogens is 1. The highest BCUT2D eigenvalue weighted by molar-refractivity contribution is 5.74. The smallest absolute Gasteiger partial charge is 0.317 e. The standard InChI is InChI=1S/C17H24FN3O2/c18-15-1-3-16(4-2-15)20-7-5-13(10-20)9-19-17(23)21-8-6-14(11-21)12-22/h1-4,13-14,22H,5-12H2,(H,19,23). The van der Waals surface area contributed by atoms with Crippen molar-refractivity contribution < 1.29 is 14.3 Å². The number of rotatable bonds is 4. The summed E-state index contributed by atoms with van der Waals surface area (Å²) in [5, 5.41) is 12.1. The van der Waals surface area contributed by atoms with E-state index in [1.54, 1.807) is 17.0 Å². The molecule has 0 aromatic heterocycles. The van der Waals surface area contributed by atoms with Gasteiger partial charge in [-0.25, -0.2) is 9.18 Å². The molecule has 2 saturated heterocycles.